The highest BCUT2D eigenvalue weighted by Gasteiger charge is 2.46. The highest BCUT2D eigenvalue weighted by Crippen LogP contribution is 2.37. The SMILES string of the molecule is COc1cccc(-c2noc(-c3ccc(S(=O)(=O)C(F)(F)F)cc3)n2)c1OC. The first-order chi connectivity index (χ1) is 13.2. The average Bonchev–Trinajstić information content (AvgIpc) is 3.16. The molecule has 0 aliphatic rings. The number of aromatic nitrogens is 2. The number of halogens is 3. The van der Waals surface area contributed by atoms with Crippen LogP contribution >= 0.6 is 0 Å². The molecule has 28 heavy (non-hydrogen) atoms. The Balaban J connectivity index is 1.96. The van der Waals surface area contributed by atoms with Gasteiger partial charge in [-0.15, -0.1) is 0 Å². The van der Waals surface area contributed by atoms with Gasteiger partial charge in [-0.05, 0) is 36.4 Å². The fraction of sp³-hybridized carbons (Fsp3) is 0.176. The van der Waals surface area contributed by atoms with E-state index in [2.05, 4.69) is 10.1 Å². The first kappa shape index (κ1) is 19.7. The molecule has 2 aromatic carbocycles. The van der Waals surface area contributed by atoms with E-state index >= 15 is 0 Å². The Hall–Kier alpha value is -3.08. The van der Waals surface area contributed by atoms with Crippen molar-refractivity contribution in [2.45, 2.75) is 10.4 Å². The monoisotopic (exact) mass is 414 g/mol. The number of hydrogen-bond donors (Lipinski definition) is 0. The largest absolute Gasteiger partial charge is 0.501 e. The lowest BCUT2D eigenvalue weighted by molar-refractivity contribution is -0.0436. The van der Waals surface area contributed by atoms with Gasteiger partial charge in [0.25, 0.3) is 15.7 Å². The molecule has 11 heteroatoms. The number of hydrogen-bond acceptors (Lipinski definition) is 7. The van der Waals surface area contributed by atoms with Gasteiger partial charge in [0, 0.05) is 5.56 Å². The predicted molar refractivity (Wildman–Crippen MR) is 91.5 cm³/mol. The van der Waals surface area contributed by atoms with Crippen LogP contribution in [0.5, 0.6) is 11.5 Å². The summed E-state index contributed by atoms with van der Waals surface area (Å²) in [5.41, 5.74) is -4.65. The molecule has 0 radical (unpaired) electrons. The molecule has 148 valence electrons. The second kappa shape index (κ2) is 7.15. The number of methoxy groups -OCH3 is 2. The van der Waals surface area contributed by atoms with E-state index < -0.39 is 20.2 Å². The molecule has 7 nitrogen and oxygen atoms in total. The van der Waals surface area contributed by atoms with Gasteiger partial charge in [-0.3, -0.25) is 0 Å². The van der Waals surface area contributed by atoms with Gasteiger partial charge in [-0.25, -0.2) is 8.42 Å². The van der Waals surface area contributed by atoms with Crippen LogP contribution in [0.3, 0.4) is 0 Å². The van der Waals surface area contributed by atoms with Gasteiger partial charge in [-0.2, -0.15) is 18.2 Å². The lowest BCUT2D eigenvalue weighted by Gasteiger charge is -2.09. The van der Waals surface area contributed by atoms with Crippen molar-refractivity contribution in [3.8, 4) is 34.3 Å². The third-order valence-electron chi connectivity index (χ3n) is 3.79. The molecular weight excluding hydrogens is 401 g/mol. The second-order valence-corrected chi connectivity index (χ2v) is 7.38. The van der Waals surface area contributed by atoms with E-state index in [9.17, 15) is 21.6 Å². The van der Waals surface area contributed by atoms with Crippen molar-refractivity contribution >= 4 is 9.84 Å². The molecule has 0 atom stereocenters. The van der Waals surface area contributed by atoms with Crippen molar-refractivity contribution in [3.05, 3.63) is 42.5 Å². The smallest absolute Gasteiger partial charge is 0.493 e. The summed E-state index contributed by atoms with van der Waals surface area (Å²) in [4.78, 5) is 3.31. The number of nitrogens with zero attached hydrogens (tertiary/aromatic N) is 2. The normalized spacial score (nSPS) is 12.0. The standard InChI is InChI=1S/C17H13F3N2O5S/c1-25-13-5-3-4-12(14(13)26-2)15-21-16(27-22-15)10-6-8-11(9-7-10)28(23,24)17(18,19)20/h3-9H,1-2H3. The number of benzene rings is 2. The molecule has 3 rings (SSSR count). The highest BCUT2D eigenvalue weighted by atomic mass is 32.2. The summed E-state index contributed by atoms with van der Waals surface area (Å²) in [5.74, 6) is 0.991. The van der Waals surface area contributed by atoms with Crippen molar-refractivity contribution in [3.63, 3.8) is 0 Å². The molecule has 0 saturated carbocycles. The van der Waals surface area contributed by atoms with Gasteiger partial charge in [0.2, 0.25) is 5.82 Å². The summed E-state index contributed by atoms with van der Waals surface area (Å²) < 4.78 is 76.3. The third-order valence-corrected chi connectivity index (χ3v) is 5.29. The minimum Gasteiger partial charge on any atom is -0.493 e. The Labute approximate surface area is 157 Å². The highest BCUT2D eigenvalue weighted by molar-refractivity contribution is 7.92. The molecule has 1 aromatic heterocycles. The summed E-state index contributed by atoms with van der Waals surface area (Å²) in [6.45, 7) is 0. The summed E-state index contributed by atoms with van der Waals surface area (Å²) in [5, 5.41) is 3.84. The molecular formula is C17H13F3N2O5S. The number of alkyl halides is 3. The van der Waals surface area contributed by atoms with E-state index in [0.717, 1.165) is 24.3 Å². The summed E-state index contributed by atoms with van der Waals surface area (Å²) in [6, 6.07) is 9.02. The zero-order valence-electron chi connectivity index (χ0n) is 14.5. The van der Waals surface area contributed by atoms with Crippen molar-refractivity contribution in [2.24, 2.45) is 0 Å². The first-order valence-corrected chi connectivity index (χ1v) is 9.14. The van der Waals surface area contributed by atoms with Gasteiger partial charge < -0.3 is 14.0 Å². The fourth-order valence-corrected chi connectivity index (χ4v) is 3.19. The van der Waals surface area contributed by atoms with Crippen molar-refractivity contribution in [2.75, 3.05) is 14.2 Å². The summed E-state index contributed by atoms with van der Waals surface area (Å²) in [7, 11) is -2.51. The van der Waals surface area contributed by atoms with Gasteiger partial charge in [0.05, 0.1) is 24.7 Å². The molecule has 1 heterocycles. The van der Waals surface area contributed by atoms with Crippen LogP contribution in [-0.2, 0) is 9.84 Å². The lowest BCUT2D eigenvalue weighted by Crippen LogP contribution is -2.23. The molecule has 0 N–H and O–H groups in total. The first-order valence-electron chi connectivity index (χ1n) is 7.66. The minimum atomic E-state index is -5.43. The molecule has 0 aliphatic carbocycles. The van der Waals surface area contributed by atoms with Gasteiger partial charge >= 0.3 is 5.51 Å². The number of sulfone groups is 1. The molecule has 0 spiro atoms. The number of para-hydroxylation sites is 1. The maximum absolute atomic E-state index is 12.6. The van der Waals surface area contributed by atoms with Gasteiger partial charge in [0.1, 0.15) is 0 Å². The topological polar surface area (TPSA) is 91.5 Å². The maximum Gasteiger partial charge on any atom is 0.501 e. The van der Waals surface area contributed by atoms with Crippen LogP contribution in [0.4, 0.5) is 13.2 Å². The van der Waals surface area contributed by atoms with Gasteiger partial charge in [0.15, 0.2) is 11.5 Å². The summed E-state index contributed by atoms with van der Waals surface area (Å²) >= 11 is 0. The third kappa shape index (κ3) is 3.40. The van der Waals surface area contributed by atoms with E-state index in [1.54, 1.807) is 18.2 Å². The minimum absolute atomic E-state index is 0.00386. The van der Waals surface area contributed by atoms with Crippen LogP contribution in [0.2, 0.25) is 0 Å². The number of rotatable bonds is 5. The Morgan fingerprint density at radius 3 is 2.25 bits per heavy atom. The average molecular weight is 414 g/mol. The second-order valence-electron chi connectivity index (χ2n) is 5.44. The van der Waals surface area contributed by atoms with E-state index in [4.69, 9.17) is 14.0 Å². The van der Waals surface area contributed by atoms with Crippen LogP contribution in [0, 0.1) is 0 Å². The molecule has 0 saturated heterocycles. The Bertz CT molecular complexity index is 1090. The lowest BCUT2D eigenvalue weighted by atomic mass is 10.1. The van der Waals surface area contributed by atoms with E-state index in [0.29, 0.717) is 17.1 Å². The van der Waals surface area contributed by atoms with Crippen LogP contribution in [0.1, 0.15) is 0 Å². The van der Waals surface area contributed by atoms with Gasteiger partial charge in [-0.1, -0.05) is 11.2 Å². The van der Waals surface area contributed by atoms with Crippen molar-refractivity contribution in [1.82, 2.24) is 10.1 Å². The van der Waals surface area contributed by atoms with Crippen molar-refractivity contribution < 1.29 is 35.6 Å². The molecule has 0 fully saturated rings. The van der Waals surface area contributed by atoms with Crippen LogP contribution in [0.15, 0.2) is 51.9 Å². The van der Waals surface area contributed by atoms with E-state index in [-0.39, 0.29) is 17.3 Å². The Morgan fingerprint density at radius 2 is 1.68 bits per heavy atom. The van der Waals surface area contributed by atoms with Crippen LogP contribution < -0.4 is 9.47 Å². The zero-order valence-corrected chi connectivity index (χ0v) is 15.3. The summed E-state index contributed by atoms with van der Waals surface area (Å²) in [6.07, 6.45) is 0. The van der Waals surface area contributed by atoms with Crippen LogP contribution in [0.25, 0.3) is 22.8 Å². The molecule has 0 aliphatic heterocycles. The Morgan fingerprint density at radius 1 is 1.00 bits per heavy atom. The predicted octanol–water partition coefficient (Wildman–Crippen LogP) is 3.71. The molecule has 0 unspecified atom stereocenters. The Kier molecular flexibility index (Phi) is 5.02. The molecule has 0 amide bonds. The van der Waals surface area contributed by atoms with Crippen molar-refractivity contribution in [1.29, 1.82) is 0 Å². The van der Waals surface area contributed by atoms with E-state index in [1.807, 2.05) is 0 Å². The zero-order chi connectivity index (χ0) is 20.5. The quantitative estimate of drug-likeness (QED) is 0.628. The molecule has 0 bridgehead atoms. The fourth-order valence-electron chi connectivity index (χ4n) is 2.42. The number of ether oxygens (including phenoxy) is 2. The maximum atomic E-state index is 12.6. The van der Waals surface area contributed by atoms with Crippen LogP contribution in [-0.4, -0.2) is 38.3 Å². The van der Waals surface area contributed by atoms with E-state index in [1.165, 1.54) is 14.2 Å². The molecule has 3 aromatic rings.